The smallest absolute Gasteiger partial charge is 0.251 e. The minimum absolute atomic E-state index is 0.105. The van der Waals surface area contributed by atoms with Crippen molar-refractivity contribution < 1.29 is 19.0 Å². The number of nitrogens with zero attached hydrogens (tertiary/aromatic N) is 2. The SMILES string of the molecule is CCOc1cc(C(=O)NCC(c2ccc(OC)cc2)N2CCCCC2)ccc1OCc1cccnc1. The Labute approximate surface area is 213 Å². The molecule has 1 aliphatic rings. The van der Waals surface area contributed by atoms with E-state index in [1.54, 1.807) is 37.7 Å². The van der Waals surface area contributed by atoms with Gasteiger partial charge in [-0.3, -0.25) is 14.7 Å². The summed E-state index contributed by atoms with van der Waals surface area (Å²) in [5.41, 5.74) is 2.68. The van der Waals surface area contributed by atoms with Crippen LogP contribution in [0.15, 0.2) is 67.0 Å². The number of benzene rings is 2. The van der Waals surface area contributed by atoms with Gasteiger partial charge in [-0.15, -0.1) is 0 Å². The van der Waals surface area contributed by atoms with Crippen molar-refractivity contribution in [2.75, 3.05) is 33.4 Å². The lowest BCUT2D eigenvalue weighted by Gasteiger charge is -2.35. The number of pyridine rings is 1. The average molecular weight is 490 g/mol. The van der Waals surface area contributed by atoms with Crippen molar-refractivity contribution in [2.45, 2.75) is 38.8 Å². The van der Waals surface area contributed by atoms with E-state index in [1.165, 1.54) is 24.8 Å². The van der Waals surface area contributed by atoms with Gasteiger partial charge in [0.2, 0.25) is 0 Å². The van der Waals surface area contributed by atoms with E-state index in [0.717, 1.165) is 24.4 Å². The molecule has 2 heterocycles. The van der Waals surface area contributed by atoms with Gasteiger partial charge in [-0.2, -0.15) is 0 Å². The predicted molar refractivity (Wildman–Crippen MR) is 140 cm³/mol. The molecule has 1 aromatic heterocycles. The third-order valence-corrected chi connectivity index (χ3v) is 6.41. The number of aromatic nitrogens is 1. The van der Waals surface area contributed by atoms with Gasteiger partial charge < -0.3 is 19.5 Å². The second-order valence-corrected chi connectivity index (χ2v) is 8.84. The first-order chi connectivity index (χ1) is 17.7. The summed E-state index contributed by atoms with van der Waals surface area (Å²) in [5, 5.41) is 3.15. The number of hydrogen-bond acceptors (Lipinski definition) is 6. The summed E-state index contributed by atoms with van der Waals surface area (Å²) in [7, 11) is 1.67. The Morgan fingerprint density at radius 1 is 1.03 bits per heavy atom. The van der Waals surface area contributed by atoms with Crippen molar-refractivity contribution in [3.05, 3.63) is 83.7 Å². The average Bonchev–Trinajstić information content (AvgIpc) is 2.94. The topological polar surface area (TPSA) is 72.9 Å². The van der Waals surface area contributed by atoms with Gasteiger partial charge in [0.25, 0.3) is 5.91 Å². The molecule has 1 fully saturated rings. The number of carbonyl (C=O) groups excluding carboxylic acids is 1. The highest BCUT2D eigenvalue weighted by Gasteiger charge is 2.23. The van der Waals surface area contributed by atoms with Crippen LogP contribution in [-0.4, -0.2) is 49.1 Å². The molecule has 1 amide bonds. The van der Waals surface area contributed by atoms with Crippen LogP contribution >= 0.6 is 0 Å². The lowest BCUT2D eigenvalue weighted by atomic mass is 10.0. The van der Waals surface area contributed by atoms with Gasteiger partial charge in [0.15, 0.2) is 11.5 Å². The first kappa shape index (κ1) is 25.5. The van der Waals surface area contributed by atoms with Crippen LogP contribution in [0.5, 0.6) is 17.2 Å². The molecule has 1 aliphatic heterocycles. The molecule has 0 radical (unpaired) electrons. The van der Waals surface area contributed by atoms with Crippen LogP contribution in [0.2, 0.25) is 0 Å². The first-order valence-corrected chi connectivity index (χ1v) is 12.6. The van der Waals surface area contributed by atoms with Crippen molar-refractivity contribution in [1.29, 1.82) is 0 Å². The molecule has 4 rings (SSSR count). The summed E-state index contributed by atoms with van der Waals surface area (Å²) in [6.07, 6.45) is 7.11. The molecular weight excluding hydrogens is 454 g/mol. The maximum absolute atomic E-state index is 13.2. The maximum atomic E-state index is 13.2. The molecule has 0 aliphatic carbocycles. The van der Waals surface area contributed by atoms with Crippen LogP contribution in [0, 0.1) is 0 Å². The van der Waals surface area contributed by atoms with Gasteiger partial charge in [0.1, 0.15) is 12.4 Å². The summed E-state index contributed by atoms with van der Waals surface area (Å²) in [4.78, 5) is 19.7. The summed E-state index contributed by atoms with van der Waals surface area (Å²) in [6, 6.07) is 17.4. The number of likely N-dealkylation sites (tertiary alicyclic amines) is 1. The second-order valence-electron chi connectivity index (χ2n) is 8.84. The zero-order chi connectivity index (χ0) is 25.2. The van der Waals surface area contributed by atoms with Gasteiger partial charge in [0, 0.05) is 30.1 Å². The largest absolute Gasteiger partial charge is 0.497 e. The Morgan fingerprint density at radius 3 is 2.53 bits per heavy atom. The minimum atomic E-state index is -0.134. The van der Waals surface area contributed by atoms with E-state index in [2.05, 4.69) is 27.3 Å². The normalized spacial score (nSPS) is 14.6. The maximum Gasteiger partial charge on any atom is 0.251 e. The van der Waals surface area contributed by atoms with Crippen LogP contribution in [-0.2, 0) is 6.61 Å². The zero-order valence-electron chi connectivity index (χ0n) is 21.1. The first-order valence-electron chi connectivity index (χ1n) is 12.6. The Kier molecular flexibility index (Phi) is 9.16. The predicted octanol–water partition coefficient (Wildman–Crippen LogP) is 5.02. The highest BCUT2D eigenvalue weighted by atomic mass is 16.5. The second kappa shape index (κ2) is 12.9. The lowest BCUT2D eigenvalue weighted by Crippen LogP contribution is -2.40. The Balaban J connectivity index is 1.45. The fourth-order valence-electron chi connectivity index (χ4n) is 4.49. The number of piperidine rings is 1. The van der Waals surface area contributed by atoms with E-state index < -0.39 is 0 Å². The van der Waals surface area contributed by atoms with Crippen molar-refractivity contribution in [1.82, 2.24) is 15.2 Å². The number of hydrogen-bond donors (Lipinski definition) is 1. The molecule has 1 unspecified atom stereocenters. The molecule has 3 aromatic rings. The van der Waals surface area contributed by atoms with Gasteiger partial charge in [-0.1, -0.05) is 24.6 Å². The molecule has 2 aromatic carbocycles. The van der Waals surface area contributed by atoms with Crippen molar-refractivity contribution in [3.63, 3.8) is 0 Å². The van der Waals surface area contributed by atoms with Gasteiger partial charge in [-0.05, 0) is 74.8 Å². The number of methoxy groups -OCH3 is 1. The van der Waals surface area contributed by atoms with E-state index in [1.807, 2.05) is 31.2 Å². The zero-order valence-corrected chi connectivity index (χ0v) is 21.1. The molecule has 0 saturated carbocycles. The van der Waals surface area contributed by atoms with E-state index in [0.29, 0.717) is 36.8 Å². The quantitative estimate of drug-likeness (QED) is 0.408. The number of ether oxygens (including phenoxy) is 3. The van der Waals surface area contributed by atoms with Crippen LogP contribution in [0.25, 0.3) is 0 Å². The van der Waals surface area contributed by atoms with Crippen LogP contribution < -0.4 is 19.5 Å². The number of amides is 1. The van der Waals surface area contributed by atoms with Gasteiger partial charge >= 0.3 is 0 Å². The van der Waals surface area contributed by atoms with Crippen LogP contribution in [0.4, 0.5) is 0 Å². The highest BCUT2D eigenvalue weighted by molar-refractivity contribution is 5.94. The Hall–Kier alpha value is -3.58. The van der Waals surface area contributed by atoms with E-state index in [-0.39, 0.29) is 11.9 Å². The summed E-state index contributed by atoms with van der Waals surface area (Å²) in [6.45, 7) is 5.35. The fraction of sp³-hybridized carbons (Fsp3) is 0.379. The monoisotopic (exact) mass is 489 g/mol. The van der Waals surface area contributed by atoms with Crippen molar-refractivity contribution in [3.8, 4) is 17.2 Å². The number of rotatable bonds is 11. The van der Waals surface area contributed by atoms with E-state index >= 15 is 0 Å². The minimum Gasteiger partial charge on any atom is -0.497 e. The highest BCUT2D eigenvalue weighted by Crippen LogP contribution is 2.30. The van der Waals surface area contributed by atoms with Crippen LogP contribution in [0.1, 0.15) is 53.7 Å². The summed E-state index contributed by atoms with van der Waals surface area (Å²) < 4.78 is 17.1. The molecule has 7 heteroatoms. The Bertz CT molecular complexity index is 1100. The van der Waals surface area contributed by atoms with Crippen LogP contribution in [0.3, 0.4) is 0 Å². The molecule has 7 nitrogen and oxygen atoms in total. The molecule has 36 heavy (non-hydrogen) atoms. The third kappa shape index (κ3) is 6.76. The van der Waals surface area contributed by atoms with E-state index in [9.17, 15) is 4.79 Å². The van der Waals surface area contributed by atoms with E-state index in [4.69, 9.17) is 14.2 Å². The number of carbonyl (C=O) groups is 1. The third-order valence-electron chi connectivity index (χ3n) is 6.41. The van der Waals surface area contributed by atoms with Crippen molar-refractivity contribution >= 4 is 5.91 Å². The molecule has 0 bridgehead atoms. The van der Waals surface area contributed by atoms with Gasteiger partial charge in [-0.25, -0.2) is 0 Å². The number of nitrogens with one attached hydrogen (secondary N) is 1. The Morgan fingerprint density at radius 2 is 1.83 bits per heavy atom. The molecule has 1 N–H and O–H groups in total. The van der Waals surface area contributed by atoms with Crippen molar-refractivity contribution in [2.24, 2.45) is 0 Å². The molecular formula is C29H35N3O4. The standard InChI is InChI=1S/C29H35N3O4/c1-3-35-28-18-24(11-14-27(28)36-21-22-8-7-15-30-19-22)29(33)31-20-26(32-16-5-4-6-17-32)23-9-12-25(34-2)13-10-23/h7-15,18-19,26H,3-6,16-17,20-21H2,1-2H3,(H,31,33). The summed E-state index contributed by atoms with van der Waals surface area (Å²) >= 11 is 0. The lowest BCUT2D eigenvalue weighted by molar-refractivity contribution is 0.0924. The molecule has 1 saturated heterocycles. The van der Waals surface area contributed by atoms with Gasteiger partial charge in [0.05, 0.1) is 19.8 Å². The molecule has 190 valence electrons. The molecule has 1 atom stereocenters. The fourth-order valence-corrected chi connectivity index (χ4v) is 4.49. The summed E-state index contributed by atoms with van der Waals surface area (Å²) in [5.74, 6) is 1.85. The molecule has 0 spiro atoms.